The highest BCUT2D eigenvalue weighted by Crippen LogP contribution is 2.00. The van der Waals surface area contributed by atoms with Crippen molar-refractivity contribution in [3.05, 3.63) is 22.7 Å². The lowest BCUT2D eigenvalue weighted by Gasteiger charge is -1.97. The number of rotatable bonds is 3. The van der Waals surface area contributed by atoms with Gasteiger partial charge in [-0.1, -0.05) is 10.1 Å². The topological polar surface area (TPSA) is 54.9 Å². The van der Waals surface area contributed by atoms with E-state index in [4.69, 9.17) is 0 Å². The summed E-state index contributed by atoms with van der Waals surface area (Å²) in [4.78, 5) is 12.1. The van der Waals surface area contributed by atoms with E-state index in [0.717, 1.165) is 10.5 Å². The quantitative estimate of drug-likeness (QED) is 0.739. The Morgan fingerprint density at radius 1 is 1.69 bits per heavy atom. The first-order valence-corrected chi connectivity index (χ1v) is 4.65. The largest absolute Gasteiger partial charge is 0.348 e. The van der Waals surface area contributed by atoms with Crippen LogP contribution in [-0.2, 0) is 11.3 Å². The summed E-state index contributed by atoms with van der Waals surface area (Å²) >= 11 is 1.29. The summed E-state index contributed by atoms with van der Waals surface area (Å²) in [6, 6.07) is 0. The maximum Gasteiger partial charge on any atom is 0.244 e. The van der Waals surface area contributed by atoms with E-state index in [-0.39, 0.29) is 5.91 Å². The van der Waals surface area contributed by atoms with Crippen LogP contribution in [0, 0.1) is 0 Å². The molecule has 5 heteroatoms. The van der Waals surface area contributed by atoms with Gasteiger partial charge in [-0.05, 0) is 25.4 Å². The summed E-state index contributed by atoms with van der Waals surface area (Å²) in [6.45, 7) is 4.27. The van der Waals surface area contributed by atoms with Gasteiger partial charge in [-0.15, -0.1) is 5.10 Å². The molecule has 0 atom stereocenters. The fraction of sp³-hybridized carbons (Fsp3) is 0.375. The van der Waals surface area contributed by atoms with Gasteiger partial charge in [0.15, 0.2) is 0 Å². The van der Waals surface area contributed by atoms with E-state index in [1.807, 2.05) is 13.8 Å². The molecule has 0 radical (unpaired) electrons. The standard InChI is InChI=1S/C8H11N3OS/c1-6(2)3-8(12)9-4-7-5-10-11-13-7/h3,5H,4H2,1-2H3,(H,9,12). The number of allylic oxidation sites excluding steroid dienone is 1. The molecule has 0 unspecified atom stereocenters. The number of hydrogen-bond donors (Lipinski definition) is 1. The molecule has 0 aromatic carbocycles. The van der Waals surface area contributed by atoms with Crippen LogP contribution in [0.1, 0.15) is 18.7 Å². The van der Waals surface area contributed by atoms with Crippen molar-refractivity contribution in [2.75, 3.05) is 0 Å². The van der Waals surface area contributed by atoms with Crippen molar-refractivity contribution in [1.29, 1.82) is 0 Å². The molecule has 0 spiro atoms. The van der Waals surface area contributed by atoms with Crippen molar-refractivity contribution in [1.82, 2.24) is 14.9 Å². The summed E-state index contributed by atoms with van der Waals surface area (Å²) in [5.41, 5.74) is 0.986. The number of nitrogens with zero attached hydrogens (tertiary/aromatic N) is 2. The van der Waals surface area contributed by atoms with Gasteiger partial charge < -0.3 is 5.32 Å². The van der Waals surface area contributed by atoms with E-state index in [2.05, 4.69) is 14.9 Å². The lowest BCUT2D eigenvalue weighted by molar-refractivity contribution is -0.116. The Hall–Kier alpha value is -1.23. The fourth-order valence-corrected chi connectivity index (χ4v) is 1.18. The summed E-state index contributed by atoms with van der Waals surface area (Å²) in [5.74, 6) is -0.0756. The zero-order valence-corrected chi connectivity index (χ0v) is 8.39. The Labute approximate surface area is 80.8 Å². The predicted octanol–water partition coefficient (Wildman–Crippen LogP) is 1.12. The molecular weight excluding hydrogens is 186 g/mol. The summed E-state index contributed by atoms with van der Waals surface area (Å²) < 4.78 is 3.69. The molecule has 0 aliphatic rings. The maximum absolute atomic E-state index is 11.1. The molecule has 0 aliphatic carbocycles. The molecule has 0 fully saturated rings. The molecule has 0 saturated carbocycles. The van der Waals surface area contributed by atoms with Gasteiger partial charge in [0.05, 0.1) is 17.6 Å². The van der Waals surface area contributed by atoms with Gasteiger partial charge in [0.1, 0.15) is 0 Å². The Morgan fingerprint density at radius 2 is 2.46 bits per heavy atom. The maximum atomic E-state index is 11.1. The van der Waals surface area contributed by atoms with Gasteiger partial charge in [0.25, 0.3) is 0 Å². The smallest absolute Gasteiger partial charge is 0.244 e. The van der Waals surface area contributed by atoms with E-state index in [0.29, 0.717) is 6.54 Å². The summed E-state index contributed by atoms with van der Waals surface area (Å²) in [6.07, 6.45) is 3.21. The van der Waals surface area contributed by atoms with E-state index in [1.165, 1.54) is 11.5 Å². The number of carbonyl (C=O) groups excluding carboxylic acids is 1. The average Bonchev–Trinajstić information content (AvgIpc) is 2.51. The van der Waals surface area contributed by atoms with Crippen molar-refractivity contribution in [3.8, 4) is 0 Å². The van der Waals surface area contributed by atoms with Crippen molar-refractivity contribution < 1.29 is 4.79 Å². The van der Waals surface area contributed by atoms with Crippen molar-refractivity contribution in [3.63, 3.8) is 0 Å². The van der Waals surface area contributed by atoms with E-state index >= 15 is 0 Å². The van der Waals surface area contributed by atoms with Crippen LogP contribution in [0.2, 0.25) is 0 Å². The lowest BCUT2D eigenvalue weighted by Crippen LogP contribution is -2.19. The average molecular weight is 197 g/mol. The van der Waals surface area contributed by atoms with Crippen LogP contribution in [-0.4, -0.2) is 15.5 Å². The second-order valence-electron chi connectivity index (χ2n) is 2.82. The Kier molecular flexibility index (Phi) is 3.57. The normalized spacial score (nSPS) is 9.38. The fourth-order valence-electron chi connectivity index (χ4n) is 0.753. The van der Waals surface area contributed by atoms with E-state index in [1.54, 1.807) is 12.3 Å². The van der Waals surface area contributed by atoms with Crippen LogP contribution in [0.4, 0.5) is 0 Å². The minimum absolute atomic E-state index is 0.0756. The number of aromatic nitrogens is 2. The van der Waals surface area contributed by atoms with Crippen LogP contribution in [0.15, 0.2) is 17.8 Å². The lowest BCUT2D eigenvalue weighted by atomic mass is 10.3. The first kappa shape index (κ1) is 9.85. The van der Waals surface area contributed by atoms with Gasteiger partial charge >= 0.3 is 0 Å². The predicted molar refractivity (Wildman–Crippen MR) is 51.2 cm³/mol. The molecule has 1 heterocycles. The molecule has 0 saturated heterocycles. The van der Waals surface area contributed by atoms with Crippen LogP contribution >= 0.6 is 11.5 Å². The third-order valence-corrected chi connectivity index (χ3v) is 1.92. The molecule has 1 aromatic rings. The number of hydrogen-bond acceptors (Lipinski definition) is 4. The minimum atomic E-state index is -0.0756. The second kappa shape index (κ2) is 4.71. The van der Waals surface area contributed by atoms with Crippen molar-refractivity contribution >= 4 is 17.4 Å². The Morgan fingerprint density at radius 3 is 3.00 bits per heavy atom. The van der Waals surface area contributed by atoms with Crippen molar-refractivity contribution in [2.24, 2.45) is 0 Å². The molecule has 1 aromatic heterocycles. The molecule has 1 rings (SSSR count). The molecule has 0 bridgehead atoms. The third kappa shape index (κ3) is 3.80. The van der Waals surface area contributed by atoms with Gasteiger partial charge in [-0.2, -0.15) is 0 Å². The Bertz CT molecular complexity index is 301. The van der Waals surface area contributed by atoms with Crippen LogP contribution in [0.5, 0.6) is 0 Å². The second-order valence-corrected chi connectivity index (χ2v) is 3.69. The number of amides is 1. The number of nitrogens with one attached hydrogen (secondary N) is 1. The SMILES string of the molecule is CC(C)=CC(=O)NCc1cnns1. The molecule has 13 heavy (non-hydrogen) atoms. The molecule has 0 aliphatic heterocycles. The van der Waals surface area contributed by atoms with E-state index in [9.17, 15) is 4.79 Å². The number of carbonyl (C=O) groups is 1. The van der Waals surface area contributed by atoms with Crippen molar-refractivity contribution in [2.45, 2.75) is 20.4 Å². The first-order chi connectivity index (χ1) is 6.18. The highest BCUT2D eigenvalue weighted by molar-refractivity contribution is 7.05. The van der Waals surface area contributed by atoms with Gasteiger partial charge in [-0.3, -0.25) is 4.79 Å². The third-order valence-electron chi connectivity index (χ3n) is 1.26. The summed E-state index contributed by atoms with van der Waals surface area (Å²) in [5, 5.41) is 6.39. The van der Waals surface area contributed by atoms with Gasteiger partial charge in [0.2, 0.25) is 5.91 Å². The molecular formula is C8H11N3OS. The zero-order chi connectivity index (χ0) is 9.68. The highest BCUT2D eigenvalue weighted by Gasteiger charge is 1.98. The molecule has 1 N–H and O–H groups in total. The van der Waals surface area contributed by atoms with Gasteiger partial charge in [0, 0.05) is 6.08 Å². The van der Waals surface area contributed by atoms with Crippen LogP contribution < -0.4 is 5.32 Å². The van der Waals surface area contributed by atoms with Crippen LogP contribution in [0.25, 0.3) is 0 Å². The Balaban J connectivity index is 2.35. The highest BCUT2D eigenvalue weighted by atomic mass is 32.1. The monoisotopic (exact) mass is 197 g/mol. The molecule has 1 amide bonds. The van der Waals surface area contributed by atoms with Crippen LogP contribution in [0.3, 0.4) is 0 Å². The zero-order valence-electron chi connectivity index (χ0n) is 7.57. The first-order valence-electron chi connectivity index (χ1n) is 3.87. The molecule has 70 valence electrons. The summed E-state index contributed by atoms with van der Waals surface area (Å²) in [7, 11) is 0. The molecule has 4 nitrogen and oxygen atoms in total. The van der Waals surface area contributed by atoms with E-state index < -0.39 is 0 Å². The van der Waals surface area contributed by atoms with Gasteiger partial charge in [-0.25, -0.2) is 0 Å². The minimum Gasteiger partial charge on any atom is -0.348 e.